The predicted molar refractivity (Wildman–Crippen MR) is 75.0 cm³/mol. The molecule has 0 radical (unpaired) electrons. The van der Waals surface area contributed by atoms with Crippen LogP contribution in [0, 0.1) is 0 Å². The van der Waals surface area contributed by atoms with E-state index in [9.17, 15) is 0 Å². The summed E-state index contributed by atoms with van der Waals surface area (Å²) in [7, 11) is 0. The van der Waals surface area contributed by atoms with Crippen molar-refractivity contribution < 1.29 is 4.74 Å². The molecule has 2 heteroatoms. The van der Waals surface area contributed by atoms with E-state index in [-0.39, 0.29) is 0 Å². The van der Waals surface area contributed by atoms with Crippen molar-refractivity contribution >= 4 is 5.69 Å². The van der Waals surface area contributed by atoms with Gasteiger partial charge in [0.25, 0.3) is 0 Å². The molecule has 1 aromatic carbocycles. The lowest BCUT2D eigenvalue weighted by molar-refractivity contribution is -0.0194. The number of nitrogens with zero attached hydrogens (tertiary/aromatic N) is 1. The normalized spacial score (nSPS) is 22.6. The van der Waals surface area contributed by atoms with Gasteiger partial charge in [-0.05, 0) is 37.8 Å². The minimum absolute atomic E-state index is 0.507. The average Bonchev–Trinajstić information content (AvgIpc) is 2.94. The minimum atomic E-state index is 0.507. The van der Waals surface area contributed by atoms with Crippen molar-refractivity contribution in [3.05, 3.63) is 30.3 Å². The summed E-state index contributed by atoms with van der Waals surface area (Å²) in [5, 5.41) is 0. The lowest BCUT2D eigenvalue weighted by atomic mass is 10.1. The third-order valence-electron chi connectivity index (χ3n) is 4.25. The molecular weight excluding hydrogens is 222 g/mol. The van der Waals surface area contributed by atoms with Gasteiger partial charge in [-0.1, -0.05) is 31.0 Å². The quantitative estimate of drug-likeness (QED) is 0.806. The Hall–Kier alpha value is -1.02. The second-order valence-corrected chi connectivity index (χ2v) is 5.56. The molecule has 18 heavy (non-hydrogen) atoms. The van der Waals surface area contributed by atoms with E-state index < -0.39 is 0 Å². The van der Waals surface area contributed by atoms with Crippen LogP contribution in [-0.2, 0) is 4.74 Å². The second kappa shape index (κ2) is 5.75. The number of piperidine rings is 1. The molecule has 1 heterocycles. The summed E-state index contributed by atoms with van der Waals surface area (Å²) in [5.41, 5.74) is 1.36. The highest BCUT2D eigenvalue weighted by molar-refractivity contribution is 5.46. The predicted octanol–water partition coefficient (Wildman–Crippen LogP) is 3.61. The fourth-order valence-electron chi connectivity index (χ4n) is 3.19. The summed E-state index contributed by atoms with van der Waals surface area (Å²) < 4.78 is 6.21. The molecule has 2 aliphatic rings. The number of hydrogen-bond donors (Lipinski definition) is 0. The maximum atomic E-state index is 6.21. The molecule has 1 saturated carbocycles. The zero-order valence-electron chi connectivity index (χ0n) is 11.1. The van der Waals surface area contributed by atoms with Crippen LogP contribution in [0.25, 0.3) is 0 Å². The van der Waals surface area contributed by atoms with Gasteiger partial charge in [0.15, 0.2) is 0 Å². The van der Waals surface area contributed by atoms with Crippen molar-refractivity contribution in [2.45, 2.75) is 50.7 Å². The number of anilines is 1. The topological polar surface area (TPSA) is 12.5 Å². The zero-order valence-corrected chi connectivity index (χ0v) is 11.1. The van der Waals surface area contributed by atoms with Crippen molar-refractivity contribution in [2.75, 3.05) is 18.0 Å². The lowest BCUT2D eigenvalue weighted by Crippen LogP contribution is -2.38. The standard InChI is InChI=1S/C16H23NO/c1-2-6-14(7-3-1)17-12-10-16(11-13-17)18-15-8-4-5-9-15/h1-3,6-7,15-16H,4-5,8-13H2. The summed E-state index contributed by atoms with van der Waals surface area (Å²) >= 11 is 0. The fourth-order valence-corrected chi connectivity index (χ4v) is 3.19. The third-order valence-corrected chi connectivity index (χ3v) is 4.25. The number of hydrogen-bond acceptors (Lipinski definition) is 2. The molecule has 2 fully saturated rings. The Morgan fingerprint density at radius 1 is 0.833 bits per heavy atom. The highest BCUT2D eigenvalue weighted by Crippen LogP contribution is 2.26. The van der Waals surface area contributed by atoms with Gasteiger partial charge in [-0.15, -0.1) is 0 Å². The Balaban J connectivity index is 1.49. The third kappa shape index (κ3) is 2.86. The Morgan fingerprint density at radius 3 is 2.11 bits per heavy atom. The molecule has 0 atom stereocenters. The van der Waals surface area contributed by atoms with Crippen LogP contribution < -0.4 is 4.90 Å². The first-order valence-corrected chi connectivity index (χ1v) is 7.37. The fraction of sp³-hybridized carbons (Fsp3) is 0.625. The maximum Gasteiger partial charge on any atom is 0.0612 e. The van der Waals surface area contributed by atoms with Crippen LogP contribution in [0.1, 0.15) is 38.5 Å². The molecule has 0 bridgehead atoms. The van der Waals surface area contributed by atoms with Crippen LogP contribution in [0.5, 0.6) is 0 Å². The molecule has 0 aromatic heterocycles. The number of benzene rings is 1. The molecule has 1 aliphatic heterocycles. The van der Waals surface area contributed by atoms with E-state index in [1.54, 1.807) is 0 Å². The van der Waals surface area contributed by atoms with E-state index >= 15 is 0 Å². The van der Waals surface area contributed by atoms with Crippen molar-refractivity contribution in [1.29, 1.82) is 0 Å². The van der Waals surface area contributed by atoms with E-state index in [1.807, 2.05) is 0 Å². The summed E-state index contributed by atoms with van der Waals surface area (Å²) in [4.78, 5) is 2.48. The Kier molecular flexibility index (Phi) is 3.84. The Morgan fingerprint density at radius 2 is 1.44 bits per heavy atom. The zero-order chi connectivity index (χ0) is 12.2. The van der Waals surface area contributed by atoms with Crippen molar-refractivity contribution in [1.82, 2.24) is 0 Å². The first-order valence-electron chi connectivity index (χ1n) is 7.37. The maximum absolute atomic E-state index is 6.21. The second-order valence-electron chi connectivity index (χ2n) is 5.56. The molecule has 3 rings (SSSR count). The molecule has 2 nitrogen and oxygen atoms in total. The Bertz CT molecular complexity index is 351. The van der Waals surface area contributed by atoms with Crippen molar-refractivity contribution in [2.24, 2.45) is 0 Å². The van der Waals surface area contributed by atoms with Gasteiger partial charge in [-0.3, -0.25) is 0 Å². The largest absolute Gasteiger partial charge is 0.375 e. The first-order chi connectivity index (χ1) is 8.92. The van der Waals surface area contributed by atoms with E-state index in [0.29, 0.717) is 12.2 Å². The Labute approximate surface area is 110 Å². The molecule has 98 valence electrons. The highest BCUT2D eigenvalue weighted by atomic mass is 16.5. The summed E-state index contributed by atoms with van der Waals surface area (Å²) in [6.07, 6.45) is 8.77. The number of ether oxygens (including phenoxy) is 1. The van der Waals surface area contributed by atoms with Crippen LogP contribution in [0.4, 0.5) is 5.69 Å². The van der Waals surface area contributed by atoms with Crippen LogP contribution in [0.2, 0.25) is 0 Å². The van der Waals surface area contributed by atoms with Crippen molar-refractivity contribution in [3.63, 3.8) is 0 Å². The number of rotatable bonds is 3. The van der Waals surface area contributed by atoms with Gasteiger partial charge in [0.2, 0.25) is 0 Å². The molecule has 1 aliphatic carbocycles. The van der Waals surface area contributed by atoms with Gasteiger partial charge in [-0.2, -0.15) is 0 Å². The monoisotopic (exact) mass is 245 g/mol. The number of para-hydroxylation sites is 1. The van der Waals surface area contributed by atoms with E-state index in [2.05, 4.69) is 35.2 Å². The van der Waals surface area contributed by atoms with Gasteiger partial charge in [-0.25, -0.2) is 0 Å². The summed E-state index contributed by atoms with van der Waals surface area (Å²) in [6.45, 7) is 2.28. The summed E-state index contributed by atoms with van der Waals surface area (Å²) in [5.74, 6) is 0. The molecule has 0 amide bonds. The lowest BCUT2D eigenvalue weighted by Gasteiger charge is -2.34. The molecular formula is C16H23NO. The van der Waals surface area contributed by atoms with Gasteiger partial charge in [0, 0.05) is 18.8 Å². The molecule has 1 aromatic rings. The van der Waals surface area contributed by atoms with Gasteiger partial charge < -0.3 is 9.64 Å². The van der Waals surface area contributed by atoms with E-state index in [1.165, 1.54) is 44.2 Å². The SMILES string of the molecule is c1ccc(N2CCC(OC3CCCC3)CC2)cc1. The van der Waals surface area contributed by atoms with E-state index in [4.69, 9.17) is 4.74 Å². The highest BCUT2D eigenvalue weighted by Gasteiger charge is 2.24. The van der Waals surface area contributed by atoms with Crippen LogP contribution in [0.3, 0.4) is 0 Å². The molecule has 0 spiro atoms. The minimum Gasteiger partial charge on any atom is -0.375 e. The van der Waals surface area contributed by atoms with Gasteiger partial charge in [0.1, 0.15) is 0 Å². The van der Waals surface area contributed by atoms with E-state index in [0.717, 1.165) is 13.1 Å². The van der Waals surface area contributed by atoms with Gasteiger partial charge in [0.05, 0.1) is 12.2 Å². The molecule has 0 N–H and O–H groups in total. The summed E-state index contributed by atoms with van der Waals surface area (Å²) in [6, 6.07) is 10.7. The smallest absolute Gasteiger partial charge is 0.0612 e. The first kappa shape index (κ1) is 12.0. The van der Waals surface area contributed by atoms with Crippen molar-refractivity contribution in [3.8, 4) is 0 Å². The molecule has 0 unspecified atom stereocenters. The molecule has 1 saturated heterocycles. The van der Waals surface area contributed by atoms with Crippen LogP contribution in [0.15, 0.2) is 30.3 Å². The average molecular weight is 245 g/mol. The van der Waals surface area contributed by atoms with Crippen LogP contribution in [-0.4, -0.2) is 25.3 Å². The van der Waals surface area contributed by atoms with Gasteiger partial charge >= 0.3 is 0 Å². The van der Waals surface area contributed by atoms with Crippen LogP contribution >= 0.6 is 0 Å².